The Balaban J connectivity index is 1.49. The van der Waals surface area contributed by atoms with Crippen LogP contribution in [-0.2, 0) is 26.7 Å². The number of piperidine rings is 1. The van der Waals surface area contributed by atoms with E-state index in [9.17, 15) is 13.8 Å². The number of pyridine rings is 1. The third-order valence-electron chi connectivity index (χ3n) is 8.93. The van der Waals surface area contributed by atoms with Crippen LogP contribution in [0.2, 0.25) is 0 Å². The van der Waals surface area contributed by atoms with E-state index in [1.54, 1.807) is 36.6 Å². The Morgan fingerprint density at radius 2 is 1.69 bits per heavy atom. The molecule has 280 valence electrons. The topological polar surface area (TPSA) is 119 Å². The number of methoxy groups -OCH3 is 1. The molecule has 1 fully saturated rings. The van der Waals surface area contributed by atoms with Crippen molar-refractivity contribution < 1.29 is 28.0 Å². The number of unbranched alkanes of at least 4 members (excludes halogenated alkanes) is 1. The van der Waals surface area contributed by atoms with Crippen molar-refractivity contribution in [2.75, 3.05) is 42.2 Å². The van der Waals surface area contributed by atoms with Crippen molar-refractivity contribution in [3.05, 3.63) is 71.0 Å². The molecule has 0 saturated carbocycles. The van der Waals surface area contributed by atoms with Crippen molar-refractivity contribution in [3.8, 4) is 17.2 Å². The van der Waals surface area contributed by atoms with Crippen molar-refractivity contribution in [1.29, 1.82) is 0 Å². The second kappa shape index (κ2) is 16.5. The molecule has 0 unspecified atom stereocenters. The Hall–Kier alpha value is -4.12. The Kier molecular flexibility index (Phi) is 12.8. The van der Waals surface area contributed by atoms with Gasteiger partial charge in [-0.2, -0.15) is 0 Å². The highest BCUT2D eigenvalue weighted by molar-refractivity contribution is 8.03. The number of thiol groups is 1. The zero-order valence-electron chi connectivity index (χ0n) is 32.1. The van der Waals surface area contributed by atoms with Gasteiger partial charge >= 0.3 is 6.09 Å². The molecule has 0 atom stereocenters. The number of rotatable bonds is 12. The maximum Gasteiger partial charge on any atom is 0.410 e. The van der Waals surface area contributed by atoms with Crippen LogP contribution in [0.3, 0.4) is 0 Å². The normalized spacial score (nSPS) is 14.5. The van der Waals surface area contributed by atoms with Gasteiger partial charge in [0.1, 0.15) is 17.1 Å². The van der Waals surface area contributed by atoms with Crippen LogP contribution in [0.25, 0.3) is 0 Å². The zero-order valence-corrected chi connectivity index (χ0v) is 33.0. The minimum atomic E-state index is -2.71. The van der Waals surface area contributed by atoms with Gasteiger partial charge in [-0.25, -0.2) is 4.79 Å². The van der Waals surface area contributed by atoms with Crippen molar-refractivity contribution in [2.45, 2.75) is 98.5 Å². The third kappa shape index (κ3) is 11.4. The van der Waals surface area contributed by atoms with E-state index >= 15 is 0 Å². The van der Waals surface area contributed by atoms with Gasteiger partial charge in [-0.15, -0.1) is 0 Å². The van der Waals surface area contributed by atoms with Gasteiger partial charge < -0.3 is 29.1 Å². The summed E-state index contributed by atoms with van der Waals surface area (Å²) in [5.41, 5.74) is 3.51. The first kappa shape index (κ1) is 39.7. The van der Waals surface area contributed by atoms with Gasteiger partial charge in [0.25, 0.3) is 5.91 Å². The van der Waals surface area contributed by atoms with Gasteiger partial charge in [0.15, 0.2) is 5.75 Å². The summed E-state index contributed by atoms with van der Waals surface area (Å²) in [4.78, 5) is 32.6. The van der Waals surface area contributed by atoms with Crippen LogP contribution < -0.4 is 19.5 Å². The van der Waals surface area contributed by atoms with Gasteiger partial charge in [-0.3, -0.25) is 14.0 Å². The lowest BCUT2D eigenvalue weighted by atomic mass is 9.86. The predicted octanol–water partition coefficient (Wildman–Crippen LogP) is 8.70. The molecule has 4 rings (SSSR count). The molecular formula is C40H58N4O6S. The molecule has 1 aromatic heterocycles. The number of carbonyl (C=O) groups excluding carboxylic acids is 2. The molecule has 1 aliphatic heterocycles. The van der Waals surface area contributed by atoms with Crippen molar-refractivity contribution in [3.63, 3.8) is 0 Å². The minimum Gasteiger partial charge on any atom is -0.492 e. The molecule has 10 nitrogen and oxygen atoms in total. The summed E-state index contributed by atoms with van der Waals surface area (Å²) >= 11 is 0. The highest BCUT2D eigenvalue weighted by Gasteiger charge is 2.27. The number of ether oxygens (including phenoxy) is 3. The Bertz CT molecular complexity index is 1740. The van der Waals surface area contributed by atoms with Crippen LogP contribution in [0.4, 0.5) is 16.2 Å². The van der Waals surface area contributed by atoms with E-state index in [-0.39, 0.29) is 17.4 Å². The summed E-state index contributed by atoms with van der Waals surface area (Å²) < 4.78 is 34.4. The molecule has 2 aromatic carbocycles. The minimum absolute atomic E-state index is 0.241. The van der Waals surface area contributed by atoms with E-state index in [0.717, 1.165) is 48.9 Å². The fourth-order valence-corrected chi connectivity index (χ4v) is 7.68. The molecule has 3 aromatic rings. The Morgan fingerprint density at radius 1 is 1.00 bits per heavy atom. The van der Waals surface area contributed by atoms with Crippen LogP contribution in [0.5, 0.6) is 17.2 Å². The molecule has 2 N–H and O–H groups in total. The molecule has 0 bridgehead atoms. The number of hydrogen-bond donors (Lipinski definition) is 3. The monoisotopic (exact) mass is 722 g/mol. The van der Waals surface area contributed by atoms with Crippen LogP contribution in [-0.4, -0.2) is 63.9 Å². The third-order valence-corrected chi connectivity index (χ3v) is 10.8. The number of nitrogens with zero attached hydrogens (tertiary/aromatic N) is 2. The molecular weight excluding hydrogens is 665 g/mol. The van der Waals surface area contributed by atoms with Gasteiger partial charge in [0, 0.05) is 48.6 Å². The molecule has 1 aliphatic rings. The molecule has 2 heterocycles. The highest BCUT2D eigenvalue weighted by atomic mass is 32.3. The van der Waals surface area contributed by atoms with E-state index in [2.05, 4.69) is 42.7 Å². The predicted molar refractivity (Wildman–Crippen MR) is 208 cm³/mol. The van der Waals surface area contributed by atoms with E-state index in [1.165, 1.54) is 0 Å². The van der Waals surface area contributed by atoms with Crippen LogP contribution in [0.15, 0.2) is 48.7 Å². The van der Waals surface area contributed by atoms with E-state index < -0.39 is 15.7 Å². The van der Waals surface area contributed by atoms with E-state index in [0.29, 0.717) is 58.9 Å². The molecule has 0 spiro atoms. The summed E-state index contributed by atoms with van der Waals surface area (Å²) in [6, 6.07) is 13.0. The number of hydrogen-bond acceptors (Lipinski definition) is 7. The average Bonchev–Trinajstić information content (AvgIpc) is 3.04. The van der Waals surface area contributed by atoms with Crippen molar-refractivity contribution in [2.24, 2.45) is 5.92 Å². The number of carbonyl (C=O) groups is 2. The quantitative estimate of drug-likeness (QED) is 0.160. The lowest BCUT2D eigenvalue weighted by Crippen LogP contribution is -2.42. The standard InChI is InChI=1S/C40H58N4O6S/c1-11-12-21-51(10,47)43-34-25-30(39(3,4)5)24-33(36(34)48-9)42-37(45)29-14-13-27(2)35(23-29)49-32-15-18-41-31(26-32)22-28-16-19-44(20-17-28)38(46)50-40(6,7)8/h13-15,18,23-26,28,51H,11-12,16-17,19-22H2,1-10H3,(H,42,45)(H,43,47). The number of amides is 2. The van der Waals surface area contributed by atoms with E-state index in [4.69, 9.17) is 14.2 Å². The van der Waals surface area contributed by atoms with E-state index in [1.807, 2.05) is 58.0 Å². The number of nitrogens with one attached hydrogen (secondary N) is 2. The second-order valence-electron chi connectivity index (χ2n) is 15.8. The smallest absolute Gasteiger partial charge is 0.410 e. The largest absolute Gasteiger partial charge is 0.492 e. The van der Waals surface area contributed by atoms with Crippen LogP contribution in [0.1, 0.15) is 101 Å². The van der Waals surface area contributed by atoms with Gasteiger partial charge in [-0.05, 0) is 116 Å². The summed E-state index contributed by atoms with van der Waals surface area (Å²) in [7, 11) is -1.16. The Morgan fingerprint density at radius 3 is 2.31 bits per heavy atom. The first-order valence-electron chi connectivity index (χ1n) is 18.0. The number of aryl methyl sites for hydroxylation is 1. The Labute approximate surface area is 305 Å². The highest BCUT2D eigenvalue weighted by Crippen LogP contribution is 2.40. The summed E-state index contributed by atoms with van der Waals surface area (Å²) in [6.07, 6.45) is 7.55. The summed E-state index contributed by atoms with van der Waals surface area (Å²) in [5.74, 6) is 2.26. The molecule has 2 amide bonds. The number of aromatic nitrogens is 1. The fraction of sp³-hybridized carbons (Fsp3) is 0.525. The zero-order chi connectivity index (χ0) is 37.6. The fourth-order valence-electron chi connectivity index (χ4n) is 5.97. The van der Waals surface area contributed by atoms with Crippen molar-refractivity contribution >= 4 is 33.5 Å². The average molecular weight is 723 g/mol. The van der Waals surface area contributed by atoms with Crippen LogP contribution >= 0.6 is 0 Å². The lowest BCUT2D eigenvalue weighted by Gasteiger charge is -2.33. The summed E-state index contributed by atoms with van der Waals surface area (Å²) in [5, 5.41) is 3.05. The van der Waals surface area contributed by atoms with Gasteiger partial charge in [0.05, 0.1) is 18.5 Å². The number of benzene rings is 2. The second-order valence-corrected chi connectivity index (χ2v) is 18.7. The van der Waals surface area contributed by atoms with Crippen LogP contribution in [0, 0.1) is 12.8 Å². The van der Waals surface area contributed by atoms with Crippen molar-refractivity contribution in [1.82, 2.24) is 9.88 Å². The van der Waals surface area contributed by atoms with Gasteiger partial charge in [-0.1, -0.05) is 40.2 Å². The first-order chi connectivity index (χ1) is 23.9. The summed E-state index contributed by atoms with van der Waals surface area (Å²) in [6.45, 7) is 17.3. The lowest BCUT2D eigenvalue weighted by molar-refractivity contribution is 0.0184. The first-order valence-corrected chi connectivity index (χ1v) is 20.3. The maximum atomic E-state index is 13.8. The number of anilines is 2. The molecule has 11 heteroatoms. The molecule has 51 heavy (non-hydrogen) atoms. The maximum absolute atomic E-state index is 13.8. The molecule has 1 saturated heterocycles. The number of likely N-dealkylation sites (tertiary alicyclic amines) is 1. The SMILES string of the molecule is CCCC[SH](C)(=O)Nc1cc(C(C)(C)C)cc(NC(=O)c2ccc(C)c(Oc3ccnc(CC4CCN(C(=O)OC(C)(C)C)CC4)c3)c2)c1OC. The van der Waals surface area contributed by atoms with Gasteiger partial charge in [0.2, 0.25) is 0 Å². The molecule has 0 aliphatic carbocycles. The molecule has 0 radical (unpaired) electrons.